The number of ether oxygens (including phenoxy) is 2. The Morgan fingerprint density at radius 3 is 1.46 bits per heavy atom. The minimum Gasteiger partial charge on any atom is -0.469 e. The first-order valence-corrected chi connectivity index (χ1v) is 13.2. The van der Waals surface area contributed by atoms with Crippen LogP contribution < -0.4 is 0 Å². The molecule has 0 saturated carbocycles. The van der Waals surface area contributed by atoms with Gasteiger partial charge in [0.2, 0.25) is 0 Å². The maximum atomic E-state index is 6.23. The van der Waals surface area contributed by atoms with Crippen LogP contribution in [0.2, 0.25) is 5.04 Å². The Labute approximate surface area is 180 Å². The minimum atomic E-state index is 0.274. The number of rotatable bonds is 19. The van der Waals surface area contributed by atoms with Crippen LogP contribution in [0.15, 0.2) is 11.5 Å². The second-order valence-electron chi connectivity index (χ2n) is 9.85. The lowest BCUT2D eigenvalue weighted by atomic mass is 9.98. The molecular weight excluding hydrogens is 360 g/mol. The molecule has 0 fully saturated rings. The topological polar surface area (TPSA) is 18.5 Å². The summed E-state index contributed by atoms with van der Waals surface area (Å²) in [5, 5.41) is 0.274. The van der Waals surface area contributed by atoms with E-state index in [-0.39, 0.29) is 11.1 Å². The Balaban J connectivity index is 3.72. The average molecular weight is 413 g/mol. The van der Waals surface area contributed by atoms with Crippen molar-refractivity contribution in [3.63, 3.8) is 0 Å². The molecule has 0 aliphatic heterocycles. The van der Waals surface area contributed by atoms with Gasteiger partial charge in [-0.1, -0.05) is 104 Å². The Morgan fingerprint density at radius 2 is 1.14 bits per heavy atom. The summed E-state index contributed by atoms with van der Waals surface area (Å²) in [7, 11) is 2.85. The highest BCUT2D eigenvalue weighted by atomic mass is 28.1. The number of methoxy groups -OCH3 is 1. The van der Waals surface area contributed by atoms with Gasteiger partial charge in [0.1, 0.15) is 6.10 Å². The maximum Gasteiger partial charge on any atom is 0.277 e. The van der Waals surface area contributed by atoms with E-state index in [1.54, 1.807) is 7.11 Å². The van der Waals surface area contributed by atoms with E-state index >= 15 is 0 Å². The first-order valence-electron chi connectivity index (χ1n) is 12.2. The van der Waals surface area contributed by atoms with Crippen molar-refractivity contribution in [3.8, 4) is 0 Å². The van der Waals surface area contributed by atoms with E-state index in [2.05, 4.69) is 34.6 Å². The van der Waals surface area contributed by atoms with Crippen LogP contribution in [0, 0.1) is 0 Å². The van der Waals surface area contributed by atoms with Crippen molar-refractivity contribution in [3.05, 3.63) is 11.5 Å². The summed E-state index contributed by atoms with van der Waals surface area (Å²) < 4.78 is 11.7. The van der Waals surface area contributed by atoms with Crippen LogP contribution in [-0.2, 0) is 9.47 Å². The summed E-state index contributed by atoms with van der Waals surface area (Å²) in [6.07, 6.45) is 21.2. The Morgan fingerprint density at radius 1 is 0.750 bits per heavy atom. The van der Waals surface area contributed by atoms with Crippen LogP contribution in [0.4, 0.5) is 0 Å². The van der Waals surface area contributed by atoms with E-state index in [1.807, 2.05) is 0 Å². The highest BCUT2D eigenvalue weighted by molar-refractivity contribution is 6.15. The van der Waals surface area contributed by atoms with Crippen molar-refractivity contribution in [2.75, 3.05) is 7.11 Å². The third-order valence-corrected chi connectivity index (χ3v) is 6.27. The zero-order valence-corrected chi connectivity index (χ0v) is 22.5. The molecule has 3 heteroatoms. The van der Waals surface area contributed by atoms with Gasteiger partial charge in [0.15, 0.2) is 0 Å². The van der Waals surface area contributed by atoms with Gasteiger partial charge in [-0.25, -0.2) is 0 Å². The standard InChI is InChI=1S/C25H52O2Si/c1-7-8-9-10-11-12-13-14-15-16-17-18-19-20-21-23(25(4,5)28)27-24(26-6)22(2)3/h23H,7-21H2,1-6,28H3. The van der Waals surface area contributed by atoms with Crippen LogP contribution in [-0.4, -0.2) is 23.5 Å². The van der Waals surface area contributed by atoms with Crippen molar-refractivity contribution in [2.45, 2.75) is 142 Å². The molecule has 168 valence electrons. The molecule has 0 bridgehead atoms. The fraction of sp³-hybridized carbons (Fsp3) is 0.920. The molecular formula is C25H52O2Si. The van der Waals surface area contributed by atoms with Crippen molar-refractivity contribution in [1.82, 2.24) is 0 Å². The van der Waals surface area contributed by atoms with Gasteiger partial charge in [-0.05, 0) is 31.7 Å². The number of allylic oxidation sites excluding steroid dienone is 1. The lowest BCUT2D eigenvalue weighted by Crippen LogP contribution is -2.27. The molecule has 0 amide bonds. The fourth-order valence-electron chi connectivity index (χ4n) is 3.69. The van der Waals surface area contributed by atoms with Crippen LogP contribution in [0.1, 0.15) is 131 Å². The third-order valence-electron chi connectivity index (χ3n) is 5.63. The van der Waals surface area contributed by atoms with Gasteiger partial charge in [-0.3, -0.25) is 0 Å². The number of hydrogen-bond donors (Lipinski definition) is 0. The summed E-state index contributed by atoms with van der Waals surface area (Å²) in [6, 6.07) is 0. The van der Waals surface area contributed by atoms with Crippen molar-refractivity contribution < 1.29 is 9.47 Å². The summed E-state index contributed by atoms with van der Waals surface area (Å²) in [4.78, 5) is 0. The van der Waals surface area contributed by atoms with E-state index in [1.165, 1.54) is 89.9 Å². The van der Waals surface area contributed by atoms with Crippen LogP contribution >= 0.6 is 0 Å². The first-order chi connectivity index (χ1) is 13.3. The summed E-state index contributed by atoms with van der Waals surface area (Å²) in [5.41, 5.74) is 1.12. The lowest BCUT2D eigenvalue weighted by molar-refractivity contribution is -0.0133. The fourth-order valence-corrected chi connectivity index (χ4v) is 4.10. The first kappa shape index (κ1) is 27.6. The van der Waals surface area contributed by atoms with Crippen molar-refractivity contribution in [2.24, 2.45) is 0 Å². The van der Waals surface area contributed by atoms with E-state index in [0.29, 0.717) is 0 Å². The zero-order chi connectivity index (χ0) is 21.3. The molecule has 0 radical (unpaired) electrons. The molecule has 0 aliphatic rings. The van der Waals surface area contributed by atoms with E-state index in [4.69, 9.17) is 9.47 Å². The summed E-state index contributed by atoms with van der Waals surface area (Å²) in [6.45, 7) is 11.1. The van der Waals surface area contributed by atoms with Gasteiger partial charge in [-0.2, -0.15) is 0 Å². The smallest absolute Gasteiger partial charge is 0.277 e. The quantitative estimate of drug-likeness (QED) is 0.123. The monoisotopic (exact) mass is 412 g/mol. The number of unbranched alkanes of at least 4 members (excludes halogenated alkanes) is 13. The normalized spacial score (nSPS) is 12.8. The molecule has 1 unspecified atom stereocenters. The molecule has 28 heavy (non-hydrogen) atoms. The van der Waals surface area contributed by atoms with Crippen LogP contribution in [0.5, 0.6) is 0 Å². The third kappa shape index (κ3) is 15.5. The second-order valence-corrected chi connectivity index (χ2v) is 12.4. The van der Waals surface area contributed by atoms with E-state index in [9.17, 15) is 0 Å². The average Bonchev–Trinajstić information content (AvgIpc) is 2.63. The predicted molar refractivity (Wildman–Crippen MR) is 129 cm³/mol. The molecule has 0 saturated heterocycles. The molecule has 0 N–H and O–H groups in total. The van der Waals surface area contributed by atoms with E-state index < -0.39 is 0 Å². The molecule has 0 rings (SSSR count). The van der Waals surface area contributed by atoms with Crippen LogP contribution in [0.25, 0.3) is 0 Å². The predicted octanol–water partition coefficient (Wildman–Crippen LogP) is 7.70. The minimum absolute atomic E-state index is 0.274. The van der Waals surface area contributed by atoms with Gasteiger partial charge in [-0.15, -0.1) is 0 Å². The number of hydrogen-bond acceptors (Lipinski definition) is 2. The zero-order valence-electron chi connectivity index (χ0n) is 20.5. The highest BCUT2D eigenvalue weighted by Gasteiger charge is 2.27. The van der Waals surface area contributed by atoms with Gasteiger partial charge in [0, 0.05) is 15.8 Å². The summed E-state index contributed by atoms with van der Waals surface area (Å²) in [5.74, 6) is 0.722. The molecule has 0 aromatic heterocycles. The Kier molecular flexibility index (Phi) is 17.1. The molecule has 2 nitrogen and oxygen atoms in total. The van der Waals surface area contributed by atoms with Gasteiger partial charge in [0.05, 0.1) is 7.11 Å². The molecule has 0 aliphatic carbocycles. The van der Waals surface area contributed by atoms with Gasteiger partial charge in [0.25, 0.3) is 5.95 Å². The molecule has 0 spiro atoms. The lowest BCUT2D eigenvalue weighted by Gasteiger charge is -2.32. The second kappa shape index (κ2) is 17.4. The summed E-state index contributed by atoms with van der Waals surface area (Å²) >= 11 is 0. The highest BCUT2D eigenvalue weighted by Crippen LogP contribution is 2.33. The van der Waals surface area contributed by atoms with Gasteiger partial charge >= 0.3 is 0 Å². The van der Waals surface area contributed by atoms with Crippen molar-refractivity contribution in [1.29, 1.82) is 0 Å². The van der Waals surface area contributed by atoms with Crippen LogP contribution in [0.3, 0.4) is 0 Å². The molecule has 0 aromatic carbocycles. The molecule has 1 atom stereocenters. The Hall–Kier alpha value is -0.443. The SMILES string of the molecule is CCCCCCCCCCCCCCCCC(OC(OC)=C(C)C)C(C)(C)[SiH3]. The van der Waals surface area contributed by atoms with Crippen molar-refractivity contribution >= 4 is 10.2 Å². The maximum absolute atomic E-state index is 6.23. The van der Waals surface area contributed by atoms with E-state index in [0.717, 1.165) is 28.2 Å². The molecule has 0 heterocycles. The largest absolute Gasteiger partial charge is 0.469 e. The van der Waals surface area contributed by atoms with Gasteiger partial charge < -0.3 is 9.47 Å². The molecule has 0 aromatic rings. The Bertz CT molecular complexity index is 380.